The van der Waals surface area contributed by atoms with Crippen molar-refractivity contribution >= 4 is 23.2 Å². The summed E-state index contributed by atoms with van der Waals surface area (Å²) in [6.45, 7) is 0. The number of hydrogen-bond acceptors (Lipinski definition) is 2. The molecule has 1 aliphatic rings. The largest absolute Gasteiger partial charge is 0.324 e. The normalized spacial score (nSPS) is 19.4. The summed E-state index contributed by atoms with van der Waals surface area (Å²) in [7, 11) is 0. The third-order valence-electron chi connectivity index (χ3n) is 3.13. The Bertz CT molecular complexity index is 328. The Kier molecular flexibility index (Phi) is 3.49. The fourth-order valence-corrected chi connectivity index (χ4v) is 2.91. The summed E-state index contributed by atoms with van der Waals surface area (Å²) in [5.41, 5.74) is 7.07. The molecule has 0 aromatic carbocycles. The molecule has 1 fully saturated rings. The van der Waals surface area contributed by atoms with Crippen molar-refractivity contribution in [3.8, 4) is 0 Å². The standard InChI is InChI=1S/C11H14Cl2N2/c12-8-5-15-6-9(13)10(8)11(14)7-3-1-2-4-7/h5-7,11H,1-4,14H2/t11-/m0/s1. The van der Waals surface area contributed by atoms with Crippen LogP contribution in [0.4, 0.5) is 0 Å². The molecule has 0 saturated heterocycles. The summed E-state index contributed by atoms with van der Waals surface area (Å²) < 4.78 is 0. The summed E-state index contributed by atoms with van der Waals surface area (Å²) in [6, 6.07) is -0.0458. The van der Waals surface area contributed by atoms with Gasteiger partial charge < -0.3 is 5.73 Å². The maximum atomic E-state index is 6.21. The Hall–Kier alpha value is -0.310. The summed E-state index contributed by atoms with van der Waals surface area (Å²) in [6.07, 6.45) is 8.10. The number of nitrogens with zero attached hydrogens (tertiary/aromatic N) is 1. The molecule has 0 bridgehead atoms. The first-order chi connectivity index (χ1) is 7.20. The number of halogens is 2. The molecule has 1 atom stereocenters. The molecule has 2 rings (SSSR count). The quantitative estimate of drug-likeness (QED) is 0.864. The van der Waals surface area contributed by atoms with Gasteiger partial charge in [0.1, 0.15) is 0 Å². The minimum Gasteiger partial charge on any atom is -0.324 e. The van der Waals surface area contributed by atoms with Crippen LogP contribution in [0.3, 0.4) is 0 Å². The SMILES string of the molecule is N[C@H](c1c(Cl)cncc1Cl)C1CCCC1. The smallest absolute Gasteiger partial charge is 0.0652 e. The molecule has 82 valence electrons. The van der Waals surface area contributed by atoms with Crippen LogP contribution in [-0.2, 0) is 0 Å². The molecule has 0 radical (unpaired) electrons. The number of aromatic nitrogens is 1. The second kappa shape index (κ2) is 4.69. The average molecular weight is 245 g/mol. The van der Waals surface area contributed by atoms with Gasteiger partial charge >= 0.3 is 0 Å². The van der Waals surface area contributed by atoms with Gasteiger partial charge in [-0.05, 0) is 18.8 Å². The van der Waals surface area contributed by atoms with E-state index >= 15 is 0 Å². The topological polar surface area (TPSA) is 38.9 Å². The first-order valence-electron chi connectivity index (χ1n) is 5.24. The van der Waals surface area contributed by atoms with Gasteiger partial charge in [0.25, 0.3) is 0 Å². The maximum absolute atomic E-state index is 6.21. The van der Waals surface area contributed by atoms with E-state index in [-0.39, 0.29) is 6.04 Å². The van der Waals surface area contributed by atoms with Crippen molar-refractivity contribution < 1.29 is 0 Å². The molecule has 1 aromatic heterocycles. The third kappa shape index (κ3) is 2.27. The van der Waals surface area contributed by atoms with E-state index in [4.69, 9.17) is 28.9 Å². The van der Waals surface area contributed by atoms with E-state index in [9.17, 15) is 0 Å². The van der Waals surface area contributed by atoms with Crippen LogP contribution in [-0.4, -0.2) is 4.98 Å². The van der Waals surface area contributed by atoms with Crippen LogP contribution >= 0.6 is 23.2 Å². The van der Waals surface area contributed by atoms with Gasteiger partial charge in [0.2, 0.25) is 0 Å². The minimum absolute atomic E-state index is 0.0458. The number of rotatable bonds is 2. The van der Waals surface area contributed by atoms with Crippen LogP contribution < -0.4 is 5.73 Å². The van der Waals surface area contributed by atoms with E-state index < -0.39 is 0 Å². The predicted octanol–water partition coefficient (Wildman–Crippen LogP) is 3.58. The molecule has 0 spiro atoms. The van der Waals surface area contributed by atoms with Crippen molar-refractivity contribution in [1.29, 1.82) is 0 Å². The lowest BCUT2D eigenvalue weighted by Gasteiger charge is -2.21. The molecule has 1 heterocycles. The predicted molar refractivity (Wildman–Crippen MR) is 63.1 cm³/mol. The van der Waals surface area contributed by atoms with Gasteiger partial charge in [-0.2, -0.15) is 0 Å². The van der Waals surface area contributed by atoms with Crippen molar-refractivity contribution in [2.24, 2.45) is 11.7 Å². The summed E-state index contributed by atoms with van der Waals surface area (Å²) in [5, 5.41) is 1.17. The summed E-state index contributed by atoms with van der Waals surface area (Å²) in [5.74, 6) is 0.516. The van der Waals surface area contributed by atoms with Gasteiger partial charge in [-0.25, -0.2) is 0 Å². The van der Waals surface area contributed by atoms with Crippen LogP contribution in [0.2, 0.25) is 10.0 Å². The van der Waals surface area contributed by atoms with Gasteiger partial charge in [-0.15, -0.1) is 0 Å². The molecule has 4 heteroatoms. The Morgan fingerprint density at radius 3 is 2.27 bits per heavy atom. The number of pyridine rings is 1. The monoisotopic (exact) mass is 244 g/mol. The van der Waals surface area contributed by atoms with E-state index in [1.165, 1.54) is 25.7 Å². The third-order valence-corrected chi connectivity index (χ3v) is 3.73. The van der Waals surface area contributed by atoms with Crippen LogP contribution in [0.15, 0.2) is 12.4 Å². The first-order valence-corrected chi connectivity index (χ1v) is 6.00. The lowest BCUT2D eigenvalue weighted by atomic mass is 9.93. The van der Waals surface area contributed by atoms with Crippen molar-refractivity contribution in [3.05, 3.63) is 28.0 Å². The van der Waals surface area contributed by atoms with Gasteiger partial charge in [0.05, 0.1) is 10.0 Å². The van der Waals surface area contributed by atoms with E-state index in [0.717, 1.165) is 5.56 Å². The second-order valence-corrected chi connectivity index (χ2v) is 4.90. The van der Waals surface area contributed by atoms with Crippen molar-refractivity contribution in [2.75, 3.05) is 0 Å². The van der Waals surface area contributed by atoms with Gasteiger partial charge in [-0.1, -0.05) is 36.0 Å². The summed E-state index contributed by atoms with van der Waals surface area (Å²) in [4.78, 5) is 3.93. The maximum Gasteiger partial charge on any atom is 0.0652 e. The molecular formula is C11H14Cl2N2. The summed E-state index contributed by atoms with van der Waals surface area (Å²) >= 11 is 12.2. The molecule has 1 saturated carbocycles. The van der Waals surface area contributed by atoms with Crippen LogP contribution in [0, 0.1) is 5.92 Å². The molecule has 15 heavy (non-hydrogen) atoms. The van der Waals surface area contributed by atoms with Gasteiger partial charge in [0.15, 0.2) is 0 Å². The van der Waals surface area contributed by atoms with E-state index in [1.54, 1.807) is 12.4 Å². The molecule has 1 aliphatic carbocycles. The van der Waals surface area contributed by atoms with Gasteiger partial charge in [-0.3, -0.25) is 4.98 Å². The highest BCUT2D eigenvalue weighted by atomic mass is 35.5. The lowest BCUT2D eigenvalue weighted by Crippen LogP contribution is -2.20. The fourth-order valence-electron chi connectivity index (χ4n) is 2.29. The molecule has 0 amide bonds. The number of hydrogen-bond donors (Lipinski definition) is 1. The van der Waals surface area contributed by atoms with Crippen LogP contribution in [0.25, 0.3) is 0 Å². The Labute approximate surface area is 99.8 Å². The van der Waals surface area contributed by atoms with Crippen LogP contribution in [0.1, 0.15) is 37.3 Å². The van der Waals surface area contributed by atoms with Crippen LogP contribution in [0.5, 0.6) is 0 Å². The second-order valence-electron chi connectivity index (χ2n) is 4.09. The highest BCUT2D eigenvalue weighted by Crippen LogP contribution is 2.38. The van der Waals surface area contributed by atoms with E-state index in [0.29, 0.717) is 16.0 Å². The Morgan fingerprint density at radius 2 is 1.73 bits per heavy atom. The Balaban J connectivity index is 2.27. The van der Waals surface area contributed by atoms with Crippen molar-refractivity contribution in [1.82, 2.24) is 4.98 Å². The van der Waals surface area contributed by atoms with E-state index in [1.807, 2.05) is 0 Å². The number of nitrogens with two attached hydrogens (primary N) is 1. The fraction of sp³-hybridized carbons (Fsp3) is 0.545. The van der Waals surface area contributed by atoms with Crippen molar-refractivity contribution in [3.63, 3.8) is 0 Å². The highest BCUT2D eigenvalue weighted by molar-refractivity contribution is 6.35. The van der Waals surface area contributed by atoms with Gasteiger partial charge in [0, 0.05) is 24.0 Å². The highest BCUT2D eigenvalue weighted by Gasteiger charge is 2.26. The molecule has 2 nitrogen and oxygen atoms in total. The minimum atomic E-state index is -0.0458. The van der Waals surface area contributed by atoms with Crippen molar-refractivity contribution in [2.45, 2.75) is 31.7 Å². The molecular weight excluding hydrogens is 231 g/mol. The lowest BCUT2D eigenvalue weighted by molar-refractivity contribution is 0.445. The van der Waals surface area contributed by atoms with E-state index in [2.05, 4.69) is 4.98 Å². The molecule has 0 aliphatic heterocycles. The zero-order chi connectivity index (χ0) is 10.8. The zero-order valence-corrected chi connectivity index (χ0v) is 9.93. The first kappa shape index (κ1) is 11.2. The average Bonchev–Trinajstić information content (AvgIpc) is 2.69. The Morgan fingerprint density at radius 1 is 1.20 bits per heavy atom. The molecule has 1 aromatic rings. The zero-order valence-electron chi connectivity index (χ0n) is 8.42. The molecule has 0 unspecified atom stereocenters. The molecule has 2 N–H and O–H groups in total.